The second kappa shape index (κ2) is 6.89. The Morgan fingerprint density at radius 3 is 2.71 bits per heavy atom. The number of hydrogen-bond donors (Lipinski definition) is 0. The lowest BCUT2D eigenvalue weighted by Gasteiger charge is -2.37. The molecule has 2 aliphatic heterocycles. The molecule has 1 aromatic heterocycles. The number of ketones is 1. The fourth-order valence-electron chi connectivity index (χ4n) is 4.82. The van der Waals surface area contributed by atoms with E-state index in [1.807, 2.05) is 18.2 Å². The van der Waals surface area contributed by atoms with Crippen LogP contribution in [0.1, 0.15) is 48.2 Å². The standard InChI is InChI=1S/C23H23N3O2/c1-28-22-14-17(26-15-4-2-5-16(26)8-7-15)9-10-20(22)25-19-11-12-21(27)23-18(19)6-3-13-24-23/h3,6,9-16H,2,4-5,7-8H2,1H3. The lowest BCUT2D eigenvalue weighted by molar-refractivity contribution is 0.104. The zero-order valence-corrected chi connectivity index (χ0v) is 16.0. The molecule has 2 bridgehead atoms. The zero-order valence-electron chi connectivity index (χ0n) is 16.0. The van der Waals surface area contributed by atoms with Crippen molar-refractivity contribution < 1.29 is 9.53 Å². The van der Waals surface area contributed by atoms with Crippen molar-refractivity contribution >= 4 is 22.9 Å². The first-order chi connectivity index (χ1) is 13.7. The predicted molar refractivity (Wildman–Crippen MR) is 110 cm³/mol. The number of fused-ring (bicyclic) bond motifs is 3. The number of methoxy groups -OCH3 is 1. The van der Waals surface area contributed by atoms with E-state index in [2.05, 4.69) is 22.0 Å². The second-order valence-electron chi connectivity index (χ2n) is 7.67. The number of pyridine rings is 1. The number of anilines is 1. The number of aliphatic imine (C=N–C) groups is 1. The summed E-state index contributed by atoms with van der Waals surface area (Å²) in [6, 6.07) is 11.3. The molecular weight excluding hydrogens is 350 g/mol. The first-order valence-electron chi connectivity index (χ1n) is 9.97. The number of carbonyl (C=O) groups excluding carboxylic acids is 1. The van der Waals surface area contributed by atoms with E-state index in [-0.39, 0.29) is 5.78 Å². The van der Waals surface area contributed by atoms with E-state index in [0.29, 0.717) is 17.8 Å². The van der Waals surface area contributed by atoms with Crippen molar-refractivity contribution in [3.05, 3.63) is 59.9 Å². The summed E-state index contributed by atoms with van der Waals surface area (Å²) < 4.78 is 5.68. The Morgan fingerprint density at radius 2 is 1.93 bits per heavy atom. The largest absolute Gasteiger partial charge is 0.494 e. The number of nitrogens with zero attached hydrogens (tertiary/aromatic N) is 3. The minimum Gasteiger partial charge on any atom is -0.494 e. The number of carbonyl (C=O) groups is 1. The van der Waals surface area contributed by atoms with Crippen LogP contribution in [-0.2, 0) is 0 Å². The first-order valence-corrected chi connectivity index (χ1v) is 9.97. The summed E-state index contributed by atoms with van der Waals surface area (Å²) in [5.74, 6) is 0.670. The third kappa shape index (κ3) is 2.82. The van der Waals surface area contributed by atoms with Gasteiger partial charge < -0.3 is 9.64 Å². The van der Waals surface area contributed by atoms with Gasteiger partial charge >= 0.3 is 0 Å². The fraction of sp³-hybridized carbons (Fsp3) is 0.348. The summed E-state index contributed by atoms with van der Waals surface area (Å²) in [4.78, 5) is 23.7. The second-order valence-corrected chi connectivity index (χ2v) is 7.67. The van der Waals surface area contributed by atoms with E-state index >= 15 is 0 Å². The van der Waals surface area contributed by atoms with Gasteiger partial charge in [-0.15, -0.1) is 0 Å². The van der Waals surface area contributed by atoms with Gasteiger partial charge in [-0.3, -0.25) is 9.78 Å². The Labute approximate surface area is 164 Å². The normalized spacial score (nSPS) is 24.5. The van der Waals surface area contributed by atoms with Gasteiger partial charge in [0.05, 0.1) is 12.8 Å². The lowest BCUT2D eigenvalue weighted by atomic mass is 9.99. The van der Waals surface area contributed by atoms with Crippen molar-refractivity contribution in [2.75, 3.05) is 12.0 Å². The molecule has 2 atom stereocenters. The van der Waals surface area contributed by atoms with Crippen LogP contribution in [0.3, 0.4) is 0 Å². The molecule has 3 aliphatic rings. The molecule has 5 heteroatoms. The highest BCUT2D eigenvalue weighted by Crippen LogP contribution is 2.42. The van der Waals surface area contributed by atoms with Crippen LogP contribution in [0.2, 0.25) is 0 Å². The van der Waals surface area contributed by atoms with Crippen LogP contribution >= 0.6 is 0 Å². The van der Waals surface area contributed by atoms with E-state index in [1.54, 1.807) is 19.4 Å². The quantitative estimate of drug-likeness (QED) is 0.796. The number of aromatic nitrogens is 1. The maximum absolute atomic E-state index is 12.1. The van der Waals surface area contributed by atoms with Crippen LogP contribution in [0.5, 0.6) is 5.75 Å². The molecule has 5 nitrogen and oxygen atoms in total. The number of allylic oxidation sites excluding steroid dienone is 2. The van der Waals surface area contributed by atoms with E-state index in [4.69, 9.17) is 9.73 Å². The molecule has 0 N–H and O–H groups in total. The highest BCUT2D eigenvalue weighted by molar-refractivity contribution is 6.23. The number of piperidine rings is 1. The van der Waals surface area contributed by atoms with Crippen LogP contribution in [0.25, 0.3) is 0 Å². The molecule has 1 aliphatic carbocycles. The van der Waals surface area contributed by atoms with Gasteiger partial charge in [0.2, 0.25) is 5.78 Å². The van der Waals surface area contributed by atoms with Crippen molar-refractivity contribution in [2.24, 2.45) is 4.99 Å². The Morgan fingerprint density at radius 1 is 1.11 bits per heavy atom. The van der Waals surface area contributed by atoms with E-state index < -0.39 is 0 Å². The maximum Gasteiger partial charge on any atom is 0.204 e. The third-order valence-electron chi connectivity index (χ3n) is 6.11. The van der Waals surface area contributed by atoms with Gasteiger partial charge in [-0.1, -0.05) is 0 Å². The average Bonchev–Trinajstić information content (AvgIpc) is 2.98. The van der Waals surface area contributed by atoms with Crippen LogP contribution in [0, 0.1) is 0 Å². The average molecular weight is 373 g/mol. The van der Waals surface area contributed by atoms with Crippen LogP contribution in [-0.4, -0.2) is 35.7 Å². The predicted octanol–water partition coefficient (Wildman–Crippen LogP) is 4.48. The third-order valence-corrected chi connectivity index (χ3v) is 6.11. The van der Waals surface area contributed by atoms with E-state index in [9.17, 15) is 4.79 Å². The zero-order chi connectivity index (χ0) is 19.1. The van der Waals surface area contributed by atoms with Crippen LogP contribution < -0.4 is 9.64 Å². The van der Waals surface area contributed by atoms with Gasteiger partial charge in [0.25, 0.3) is 0 Å². The van der Waals surface area contributed by atoms with Gasteiger partial charge in [-0.2, -0.15) is 0 Å². The van der Waals surface area contributed by atoms with Crippen molar-refractivity contribution in [1.29, 1.82) is 0 Å². The summed E-state index contributed by atoms with van der Waals surface area (Å²) in [6.45, 7) is 0. The van der Waals surface area contributed by atoms with Gasteiger partial charge in [-0.25, -0.2) is 4.99 Å². The number of hydrogen-bond acceptors (Lipinski definition) is 5. The minimum absolute atomic E-state index is 0.0857. The fourth-order valence-corrected chi connectivity index (χ4v) is 4.82. The smallest absolute Gasteiger partial charge is 0.204 e. The van der Waals surface area contributed by atoms with Crippen LogP contribution in [0.15, 0.2) is 53.7 Å². The van der Waals surface area contributed by atoms with Gasteiger partial charge in [-0.05, 0) is 68.5 Å². The Bertz CT molecular complexity index is 979. The molecule has 5 rings (SSSR count). The molecular formula is C23H23N3O2. The van der Waals surface area contributed by atoms with Crippen molar-refractivity contribution in [3.63, 3.8) is 0 Å². The number of ether oxygens (including phenoxy) is 1. The summed E-state index contributed by atoms with van der Waals surface area (Å²) in [5, 5.41) is 0. The molecule has 3 heterocycles. The molecule has 0 spiro atoms. The molecule has 0 saturated carbocycles. The highest BCUT2D eigenvalue weighted by Gasteiger charge is 2.36. The topological polar surface area (TPSA) is 54.8 Å². The molecule has 2 aromatic rings. The molecule has 2 saturated heterocycles. The summed E-state index contributed by atoms with van der Waals surface area (Å²) in [6.07, 6.45) is 11.4. The maximum atomic E-state index is 12.1. The summed E-state index contributed by atoms with van der Waals surface area (Å²) in [5.41, 5.74) is 3.93. The first kappa shape index (κ1) is 17.2. The van der Waals surface area contributed by atoms with E-state index in [0.717, 1.165) is 22.7 Å². The van der Waals surface area contributed by atoms with Gasteiger partial charge in [0, 0.05) is 35.6 Å². The summed E-state index contributed by atoms with van der Waals surface area (Å²) in [7, 11) is 1.68. The Hall–Kier alpha value is -2.95. The van der Waals surface area contributed by atoms with Crippen LogP contribution in [0.4, 0.5) is 11.4 Å². The molecule has 0 radical (unpaired) electrons. The Balaban J connectivity index is 1.52. The lowest BCUT2D eigenvalue weighted by Crippen LogP contribution is -2.39. The minimum atomic E-state index is -0.0857. The SMILES string of the molecule is COc1cc(N2C3CCCC2CC3)ccc1N=C1C=CC(=O)c2ncccc21. The molecule has 2 fully saturated rings. The Kier molecular flexibility index (Phi) is 4.23. The summed E-state index contributed by atoms with van der Waals surface area (Å²) >= 11 is 0. The number of rotatable bonds is 3. The van der Waals surface area contributed by atoms with Crippen molar-refractivity contribution in [2.45, 2.75) is 44.2 Å². The monoisotopic (exact) mass is 373 g/mol. The van der Waals surface area contributed by atoms with E-state index in [1.165, 1.54) is 43.9 Å². The highest BCUT2D eigenvalue weighted by atomic mass is 16.5. The molecule has 142 valence electrons. The number of benzene rings is 1. The van der Waals surface area contributed by atoms with Crippen molar-refractivity contribution in [1.82, 2.24) is 4.98 Å². The van der Waals surface area contributed by atoms with Crippen molar-refractivity contribution in [3.8, 4) is 5.75 Å². The molecule has 1 aromatic carbocycles. The van der Waals surface area contributed by atoms with Gasteiger partial charge in [0.1, 0.15) is 17.1 Å². The molecule has 28 heavy (non-hydrogen) atoms. The molecule has 2 unspecified atom stereocenters. The van der Waals surface area contributed by atoms with Gasteiger partial charge in [0.15, 0.2) is 0 Å². The molecule has 0 amide bonds.